The van der Waals surface area contributed by atoms with Crippen LogP contribution in [0.15, 0.2) is 12.4 Å². The predicted octanol–water partition coefficient (Wildman–Crippen LogP) is 0.112. The fourth-order valence-electron chi connectivity index (χ4n) is 2.40. The molecule has 2 rings (SSSR count). The summed E-state index contributed by atoms with van der Waals surface area (Å²) in [5, 5.41) is 11.3. The van der Waals surface area contributed by atoms with E-state index in [-0.39, 0.29) is 12.5 Å². The molecule has 1 aliphatic rings. The van der Waals surface area contributed by atoms with Crippen molar-refractivity contribution in [3.8, 4) is 0 Å². The molecule has 0 saturated carbocycles. The van der Waals surface area contributed by atoms with Crippen molar-refractivity contribution in [1.29, 1.82) is 0 Å². The minimum absolute atomic E-state index is 0.0811. The monoisotopic (exact) mass is 309 g/mol. The van der Waals surface area contributed by atoms with Crippen LogP contribution in [0.25, 0.3) is 0 Å². The van der Waals surface area contributed by atoms with Crippen molar-refractivity contribution in [1.82, 2.24) is 24.7 Å². The van der Waals surface area contributed by atoms with Gasteiger partial charge in [-0.15, -0.1) is 0 Å². The van der Waals surface area contributed by atoms with E-state index in [2.05, 4.69) is 15.2 Å². The number of urea groups is 1. The van der Waals surface area contributed by atoms with Crippen LogP contribution < -0.4 is 5.32 Å². The summed E-state index contributed by atoms with van der Waals surface area (Å²) in [5.41, 5.74) is 0. The second kappa shape index (κ2) is 7.79. The highest BCUT2D eigenvalue weighted by atomic mass is 16.4. The third-order valence-electron chi connectivity index (χ3n) is 3.79. The first-order valence-corrected chi connectivity index (χ1v) is 7.49. The van der Waals surface area contributed by atoms with Gasteiger partial charge in [0.1, 0.15) is 5.82 Å². The Morgan fingerprint density at radius 3 is 2.64 bits per heavy atom. The average molecular weight is 309 g/mol. The highest BCUT2D eigenvalue weighted by Gasteiger charge is 2.21. The first kappa shape index (κ1) is 16.3. The van der Waals surface area contributed by atoms with Crippen molar-refractivity contribution in [3.05, 3.63) is 18.2 Å². The lowest BCUT2D eigenvalue weighted by molar-refractivity contribution is -0.137. The minimum Gasteiger partial charge on any atom is -0.481 e. The molecule has 2 N–H and O–H groups in total. The minimum atomic E-state index is -0.836. The number of carbonyl (C=O) groups is 2. The number of nitrogens with zero attached hydrogens (tertiary/aromatic N) is 4. The van der Waals surface area contributed by atoms with Crippen molar-refractivity contribution in [2.45, 2.75) is 19.4 Å². The summed E-state index contributed by atoms with van der Waals surface area (Å²) >= 11 is 0. The Bertz CT molecular complexity index is 508. The number of amides is 2. The fraction of sp³-hybridized carbons (Fsp3) is 0.643. The summed E-state index contributed by atoms with van der Waals surface area (Å²) in [5.74, 6) is 0.184. The molecule has 1 aromatic rings. The SMILES string of the molecule is Cn1ccnc1CN1CCN(C(=O)NCCCC(=O)O)CC1. The summed E-state index contributed by atoms with van der Waals surface area (Å²) < 4.78 is 2.00. The van der Waals surface area contributed by atoms with Crippen LogP contribution in [0.2, 0.25) is 0 Å². The first-order chi connectivity index (χ1) is 10.6. The smallest absolute Gasteiger partial charge is 0.317 e. The summed E-state index contributed by atoms with van der Waals surface area (Å²) in [4.78, 5) is 30.7. The van der Waals surface area contributed by atoms with Crippen LogP contribution >= 0.6 is 0 Å². The van der Waals surface area contributed by atoms with E-state index in [1.54, 1.807) is 11.1 Å². The fourth-order valence-corrected chi connectivity index (χ4v) is 2.40. The van der Waals surface area contributed by atoms with Crippen molar-refractivity contribution >= 4 is 12.0 Å². The molecule has 1 fully saturated rings. The number of carbonyl (C=O) groups excluding carboxylic acids is 1. The van der Waals surface area contributed by atoms with Crippen molar-refractivity contribution < 1.29 is 14.7 Å². The first-order valence-electron chi connectivity index (χ1n) is 7.49. The highest BCUT2D eigenvalue weighted by molar-refractivity contribution is 5.74. The molecular formula is C14H23N5O3. The van der Waals surface area contributed by atoms with Crippen LogP contribution in [-0.2, 0) is 18.4 Å². The Labute approximate surface area is 129 Å². The van der Waals surface area contributed by atoms with E-state index in [1.807, 2.05) is 17.8 Å². The molecule has 2 heterocycles. The molecule has 2 amide bonds. The van der Waals surface area contributed by atoms with Crippen LogP contribution in [0.4, 0.5) is 4.79 Å². The number of rotatable bonds is 6. The van der Waals surface area contributed by atoms with Crippen LogP contribution in [0.1, 0.15) is 18.7 Å². The second-order valence-electron chi connectivity index (χ2n) is 5.45. The molecule has 1 saturated heterocycles. The molecule has 0 aliphatic carbocycles. The second-order valence-corrected chi connectivity index (χ2v) is 5.45. The van der Waals surface area contributed by atoms with Crippen LogP contribution in [0.3, 0.4) is 0 Å². The molecule has 0 bridgehead atoms. The number of carboxylic acid groups (broad SMARTS) is 1. The van der Waals surface area contributed by atoms with Gasteiger partial charge in [0.05, 0.1) is 6.54 Å². The van der Waals surface area contributed by atoms with Crippen LogP contribution in [0.5, 0.6) is 0 Å². The normalized spacial score (nSPS) is 15.8. The Balaban J connectivity index is 1.67. The molecule has 0 radical (unpaired) electrons. The van der Waals surface area contributed by atoms with Crippen LogP contribution in [-0.4, -0.2) is 69.2 Å². The number of piperazine rings is 1. The Hall–Kier alpha value is -2.09. The Morgan fingerprint density at radius 2 is 2.05 bits per heavy atom. The number of nitrogens with one attached hydrogen (secondary N) is 1. The van der Waals surface area contributed by atoms with Gasteiger partial charge < -0.3 is 19.9 Å². The average Bonchev–Trinajstić information content (AvgIpc) is 2.89. The van der Waals surface area contributed by atoms with Gasteiger partial charge in [-0.25, -0.2) is 9.78 Å². The van der Waals surface area contributed by atoms with Crippen molar-refractivity contribution in [3.63, 3.8) is 0 Å². The summed E-state index contributed by atoms with van der Waals surface area (Å²) in [6, 6.07) is -0.109. The predicted molar refractivity (Wildman–Crippen MR) is 80.3 cm³/mol. The van der Waals surface area contributed by atoms with Crippen molar-refractivity contribution in [2.24, 2.45) is 7.05 Å². The number of imidazole rings is 1. The molecule has 0 spiro atoms. The van der Waals surface area contributed by atoms with Gasteiger partial charge in [-0.3, -0.25) is 9.69 Å². The van der Waals surface area contributed by atoms with Gasteiger partial charge in [-0.1, -0.05) is 0 Å². The van der Waals surface area contributed by atoms with Crippen LogP contribution in [0, 0.1) is 0 Å². The Morgan fingerprint density at radius 1 is 1.32 bits per heavy atom. The summed E-state index contributed by atoms with van der Waals surface area (Å²) in [7, 11) is 1.98. The van der Waals surface area contributed by atoms with Gasteiger partial charge in [0.15, 0.2) is 0 Å². The largest absolute Gasteiger partial charge is 0.481 e. The Kier molecular flexibility index (Phi) is 5.76. The number of carboxylic acids is 1. The van der Waals surface area contributed by atoms with Gasteiger partial charge in [0.25, 0.3) is 0 Å². The molecule has 22 heavy (non-hydrogen) atoms. The number of aliphatic carboxylic acids is 1. The third-order valence-corrected chi connectivity index (χ3v) is 3.79. The van der Waals surface area contributed by atoms with E-state index in [0.29, 0.717) is 26.1 Å². The third kappa shape index (κ3) is 4.73. The molecular weight excluding hydrogens is 286 g/mol. The quantitative estimate of drug-likeness (QED) is 0.728. The van der Waals surface area contributed by atoms with E-state index >= 15 is 0 Å². The molecule has 8 heteroatoms. The molecule has 8 nitrogen and oxygen atoms in total. The van der Waals surface area contributed by atoms with E-state index in [1.165, 1.54) is 0 Å². The van der Waals surface area contributed by atoms with Gasteiger partial charge in [-0.05, 0) is 6.42 Å². The zero-order chi connectivity index (χ0) is 15.9. The lowest BCUT2D eigenvalue weighted by Gasteiger charge is -2.34. The number of aryl methyl sites for hydroxylation is 1. The van der Waals surface area contributed by atoms with E-state index in [0.717, 1.165) is 25.5 Å². The maximum atomic E-state index is 12.0. The lowest BCUT2D eigenvalue weighted by Crippen LogP contribution is -2.51. The zero-order valence-electron chi connectivity index (χ0n) is 12.9. The molecule has 1 aliphatic heterocycles. The molecule has 0 atom stereocenters. The van der Waals surface area contributed by atoms with Gasteiger partial charge in [0, 0.05) is 58.6 Å². The molecule has 0 aromatic carbocycles. The zero-order valence-corrected chi connectivity index (χ0v) is 12.9. The van der Waals surface area contributed by atoms with E-state index < -0.39 is 5.97 Å². The number of hydrogen-bond acceptors (Lipinski definition) is 4. The van der Waals surface area contributed by atoms with E-state index in [4.69, 9.17) is 5.11 Å². The summed E-state index contributed by atoms with van der Waals surface area (Å²) in [6.45, 7) is 4.17. The van der Waals surface area contributed by atoms with Crippen molar-refractivity contribution in [2.75, 3.05) is 32.7 Å². The summed E-state index contributed by atoms with van der Waals surface area (Å²) in [6.07, 6.45) is 4.25. The number of hydrogen-bond donors (Lipinski definition) is 2. The lowest BCUT2D eigenvalue weighted by atomic mass is 10.3. The standard InChI is InChI=1S/C14H23N5O3/c1-17-6-5-15-12(17)11-18-7-9-19(10-8-18)14(22)16-4-2-3-13(20)21/h5-6H,2-4,7-11H2,1H3,(H,16,22)(H,20,21). The highest BCUT2D eigenvalue weighted by Crippen LogP contribution is 2.07. The van der Waals surface area contributed by atoms with Gasteiger partial charge >= 0.3 is 12.0 Å². The molecule has 0 unspecified atom stereocenters. The topological polar surface area (TPSA) is 90.7 Å². The maximum Gasteiger partial charge on any atom is 0.317 e. The molecule has 1 aromatic heterocycles. The maximum absolute atomic E-state index is 12.0. The van der Waals surface area contributed by atoms with Gasteiger partial charge in [0.2, 0.25) is 0 Å². The van der Waals surface area contributed by atoms with Gasteiger partial charge in [-0.2, -0.15) is 0 Å². The number of aromatic nitrogens is 2. The molecule has 122 valence electrons. The van der Waals surface area contributed by atoms with E-state index in [9.17, 15) is 9.59 Å².